The van der Waals surface area contributed by atoms with E-state index in [2.05, 4.69) is 10.6 Å². The number of nitrogens with zero attached hydrogens (tertiary/aromatic N) is 2. The molecule has 36 heavy (non-hydrogen) atoms. The van der Waals surface area contributed by atoms with E-state index < -0.39 is 15.6 Å². The Morgan fingerprint density at radius 3 is 2.22 bits per heavy atom. The number of aliphatic imine (C=N–C) groups is 1. The Labute approximate surface area is 216 Å². The van der Waals surface area contributed by atoms with Gasteiger partial charge in [-0.05, 0) is 74.4 Å². The van der Waals surface area contributed by atoms with Crippen molar-refractivity contribution >= 4 is 33.5 Å². The van der Waals surface area contributed by atoms with Gasteiger partial charge >= 0.3 is 0 Å². The van der Waals surface area contributed by atoms with E-state index in [0.717, 1.165) is 73.2 Å². The van der Waals surface area contributed by atoms with Crippen LogP contribution in [0.1, 0.15) is 80.9 Å². The number of unbranched alkanes of at least 4 members (excludes halogenated alkanes) is 6. The van der Waals surface area contributed by atoms with Crippen molar-refractivity contribution in [3.8, 4) is 0 Å². The van der Waals surface area contributed by atoms with Crippen molar-refractivity contribution in [3.63, 3.8) is 0 Å². The molecule has 2 heterocycles. The van der Waals surface area contributed by atoms with E-state index in [1.165, 1.54) is 16.1 Å². The molecule has 1 fully saturated rings. The largest absolute Gasteiger partial charge is 0.396 e. The van der Waals surface area contributed by atoms with Gasteiger partial charge in [0, 0.05) is 44.3 Å². The highest BCUT2D eigenvalue weighted by atomic mass is 32.2. The summed E-state index contributed by atoms with van der Waals surface area (Å²) in [6, 6.07) is 4.00. The van der Waals surface area contributed by atoms with E-state index in [4.69, 9.17) is 10.1 Å². The van der Waals surface area contributed by atoms with Crippen LogP contribution in [0.5, 0.6) is 0 Å². The predicted octanol–water partition coefficient (Wildman–Crippen LogP) is 4.12. The van der Waals surface area contributed by atoms with Gasteiger partial charge in [-0.25, -0.2) is 8.42 Å². The average molecular weight is 519 g/mol. The Balaban J connectivity index is 1.52. The van der Waals surface area contributed by atoms with E-state index in [9.17, 15) is 13.2 Å². The first-order valence-electron chi connectivity index (χ1n) is 13.2. The number of hydrogen-bond donors (Lipinski definition) is 3. The van der Waals surface area contributed by atoms with Crippen LogP contribution in [0.2, 0.25) is 0 Å². The van der Waals surface area contributed by atoms with Crippen LogP contribution in [0.25, 0.3) is 6.08 Å². The highest BCUT2D eigenvalue weighted by Crippen LogP contribution is 2.32. The van der Waals surface area contributed by atoms with Gasteiger partial charge in [-0.2, -0.15) is 4.31 Å². The Kier molecular flexibility index (Phi) is 10.1. The number of anilines is 1. The van der Waals surface area contributed by atoms with E-state index in [1.54, 1.807) is 6.08 Å². The number of aryl methyl sites for hydroxylation is 2. The van der Waals surface area contributed by atoms with Crippen molar-refractivity contribution in [3.05, 3.63) is 34.2 Å². The first-order valence-corrected chi connectivity index (χ1v) is 14.7. The summed E-state index contributed by atoms with van der Waals surface area (Å²) >= 11 is 0. The van der Waals surface area contributed by atoms with E-state index in [-0.39, 0.29) is 25.6 Å². The SMILES string of the molecule is CNc1cc(C)c(/C=C/S(=O)(=O)N2CCC3(CC2)N=C(CCCCCCCCCO)NC3=O)c(C)c1. The summed E-state index contributed by atoms with van der Waals surface area (Å²) < 4.78 is 27.5. The molecule has 8 nitrogen and oxygen atoms in total. The van der Waals surface area contributed by atoms with Gasteiger partial charge in [-0.3, -0.25) is 9.79 Å². The Bertz CT molecular complexity index is 1050. The van der Waals surface area contributed by atoms with Crippen molar-refractivity contribution in [2.24, 2.45) is 4.99 Å². The van der Waals surface area contributed by atoms with Crippen molar-refractivity contribution in [1.82, 2.24) is 9.62 Å². The topological polar surface area (TPSA) is 111 Å². The van der Waals surface area contributed by atoms with Crippen molar-refractivity contribution in [2.75, 3.05) is 32.1 Å². The van der Waals surface area contributed by atoms with Crippen LogP contribution in [0.4, 0.5) is 5.69 Å². The molecule has 3 N–H and O–H groups in total. The van der Waals surface area contributed by atoms with Crippen LogP contribution in [0.15, 0.2) is 22.5 Å². The fourth-order valence-corrected chi connectivity index (χ4v) is 6.23. The third-order valence-corrected chi connectivity index (χ3v) is 8.86. The zero-order valence-corrected chi connectivity index (χ0v) is 22.8. The molecule has 0 aliphatic carbocycles. The molecule has 0 saturated carbocycles. The molecule has 1 aromatic carbocycles. The number of aliphatic hydroxyl groups excluding tert-OH is 1. The first kappa shape index (κ1) is 28.3. The van der Waals surface area contributed by atoms with Crippen LogP contribution >= 0.6 is 0 Å². The van der Waals surface area contributed by atoms with E-state index >= 15 is 0 Å². The number of nitrogens with one attached hydrogen (secondary N) is 2. The average Bonchev–Trinajstić information content (AvgIpc) is 3.14. The molecule has 9 heteroatoms. The molecular formula is C27H42N4O4S. The molecule has 1 amide bonds. The zero-order valence-electron chi connectivity index (χ0n) is 22.0. The molecule has 3 rings (SSSR count). The maximum Gasteiger partial charge on any atom is 0.253 e. The Morgan fingerprint density at radius 1 is 1.06 bits per heavy atom. The van der Waals surface area contributed by atoms with Gasteiger partial charge < -0.3 is 15.7 Å². The smallest absolute Gasteiger partial charge is 0.253 e. The number of aliphatic hydroxyl groups is 1. The number of amidine groups is 1. The summed E-state index contributed by atoms with van der Waals surface area (Å²) in [5.41, 5.74) is 3.09. The second-order valence-corrected chi connectivity index (χ2v) is 11.8. The quantitative estimate of drug-likeness (QED) is 0.340. The number of rotatable bonds is 13. The lowest BCUT2D eigenvalue weighted by atomic mass is 9.89. The van der Waals surface area contributed by atoms with Crippen LogP contribution < -0.4 is 10.6 Å². The Hall–Kier alpha value is -2.23. The standard InChI is InChI=1S/C27H42N4O4S/c1-21-19-23(28-3)20-22(2)24(21)12-18-36(34,35)31-15-13-27(14-16-31)26(33)29-25(30-27)11-9-7-5-4-6-8-10-17-32/h12,18-20,28,32H,4-11,13-17H2,1-3H3,(H,29,30,33)/b18-12+. The van der Waals surface area contributed by atoms with E-state index in [1.807, 2.05) is 33.0 Å². The summed E-state index contributed by atoms with van der Waals surface area (Å²) in [5, 5.41) is 16.2. The number of piperidine rings is 1. The fourth-order valence-electron chi connectivity index (χ4n) is 5.06. The lowest BCUT2D eigenvalue weighted by molar-refractivity contribution is -0.124. The highest BCUT2D eigenvalue weighted by molar-refractivity contribution is 7.92. The number of carbonyl (C=O) groups excluding carboxylic acids is 1. The fraction of sp³-hybridized carbons (Fsp3) is 0.630. The zero-order chi connectivity index (χ0) is 26.2. The normalized spacial score (nSPS) is 18.1. The second-order valence-electron chi connectivity index (χ2n) is 10.0. The van der Waals surface area contributed by atoms with Gasteiger partial charge in [0.2, 0.25) is 10.0 Å². The van der Waals surface area contributed by atoms with Crippen LogP contribution in [-0.2, 0) is 14.8 Å². The molecule has 0 radical (unpaired) electrons. The van der Waals surface area contributed by atoms with Crippen molar-refractivity contribution < 1.29 is 18.3 Å². The summed E-state index contributed by atoms with van der Waals surface area (Å²) in [6.07, 6.45) is 10.7. The number of benzene rings is 1. The first-order chi connectivity index (χ1) is 17.2. The van der Waals surface area contributed by atoms with Crippen molar-refractivity contribution in [2.45, 2.75) is 83.6 Å². The summed E-state index contributed by atoms with van der Waals surface area (Å²) in [5.74, 6) is 0.650. The third kappa shape index (κ3) is 7.17. The summed E-state index contributed by atoms with van der Waals surface area (Å²) in [7, 11) is -1.73. The minimum atomic E-state index is -3.59. The van der Waals surface area contributed by atoms with Crippen LogP contribution in [0, 0.1) is 13.8 Å². The summed E-state index contributed by atoms with van der Waals surface area (Å²) in [4.78, 5) is 17.5. The molecule has 0 bridgehead atoms. The molecule has 1 spiro atoms. The minimum Gasteiger partial charge on any atom is -0.396 e. The third-order valence-electron chi connectivity index (χ3n) is 7.30. The molecule has 200 valence electrons. The number of hydrogen-bond acceptors (Lipinski definition) is 6. The molecule has 0 unspecified atom stereocenters. The molecule has 0 aromatic heterocycles. The monoisotopic (exact) mass is 518 g/mol. The molecule has 0 atom stereocenters. The second kappa shape index (κ2) is 12.8. The molecular weight excluding hydrogens is 476 g/mol. The number of carbonyl (C=O) groups is 1. The van der Waals surface area contributed by atoms with Gasteiger partial charge in [-0.1, -0.05) is 32.1 Å². The van der Waals surface area contributed by atoms with Gasteiger partial charge in [0.05, 0.1) is 0 Å². The van der Waals surface area contributed by atoms with Gasteiger partial charge in [-0.15, -0.1) is 0 Å². The van der Waals surface area contributed by atoms with Crippen LogP contribution in [0.3, 0.4) is 0 Å². The molecule has 2 aliphatic rings. The maximum atomic E-state index is 13.0. The van der Waals surface area contributed by atoms with Crippen LogP contribution in [-0.4, -0.2) is 61.9 Å². The lowest BCUT2D eigenvalue weighted by Crippen LogP contribution is -2.50. The maximum absolute atomic E-state index is 13.0. The number of amides is 1. The molecule has 1 aromatic rings. The Morgan fingerprint density at radius 2 is 1.64 bits per heavy atom. The lowest BCUT2D eigenvalue weighted by Gasteiger charge is -2.34. The predicted molar refractivity (Wildman–Crippen MR) is 147 cm³/mol. The van der Waals surface area contributed by atoms with Gasteiger partial charge in [0.1, 0.15) is 11.4 Å². The molecule has 2 aliphatic heterocycles. The van der Waals surface area contributed by atoms with E-state index in [0.29, 0.717) is 12.8 Å². The highest BCUT2D eigenvalue weighted by Gasteiger charge is 2.46. The minimum absolute atomic E-state index is 0.0926. The summed E-state index contributed by atoms with van der Waals surface area (Å²) in [6.45, 7) is 4.77. The molecule has 1 saturated heterocycles. The van der Waals surface area contributed by atoms with Crippen molar-refractivity contribution in [1.29, 1.82) is 0 Å². The van der Waals surface area contributed by atoms with Gasteiger partial charge in [0.25, 0.3) is 5.91 Å². The van der Waals surface area contributed by atoms with Gasteiger partial charge in [0.15, 0.2) is 0 Å². The number of sulfonamides is 1.